The molecule has 1 amide bonds. The molecule has 3 aromatic rings. The van der Waals surface area contributed by atoms with Gasteiger partial charge in [0.2, 0.25) is 0 Å². The summed E-state index contributed by atoms with van der Waals surface area (Å²) >= 11 is 6.35. The van der Waals surface area contributed by atoms with Crippen molar-refractivity contribution < 1.29 is 14.2 Å². The van der Waals surface area contributed by atoms with E-state index < -0.39 is 0 Å². The van der Waals surface area contributed by atoms with E-state index in [0.29, 0.717) is 59.5 Å². The van der Waals surface area contributed by atoms with Gasteiger partial charge in [0.05, 0.1) is 9.95 Å². The van der Waals surface area contributed by atoms with Crippen LogP contribution in [0, 0.1) is 17.0 Å². The van der Waals surface area contributed by atoms with Gasteiger partial charge in [-0.15, -0.1) is 0 Å². The monoisotopic (exact) mass is 495 g/mol. The lowest BCUT2D eigenvalue weighted by atomic mass is 10.0. The number of rotatable bonds is 5. The van der Waals surface area contributed by atoms with E-state index in [1.54, 1.807) is 30.0 Å². The topological polar surface area (TPSA) is 96.0 Å². The molecular weight excluding hydrogens is 470 g/mol. The highest BCUT2D eigenvalue weighted by molar-refractivity contribution is 6.33. The number of amides is 1. The van der Waals surface area contributed by atoms with E-state index in [0.717, 1.165) is 31.6 Å². The van der Waals surface area contributed by atoms with Crippen LogP contribution in [0.4, 0.5) is 17.1 Å². The van der Waals surface area contributed by atoms with Gasteiger partial charge in [-0.3, -0.25) is 14.9 Å². The second-order valence-corrected chi connectivity index (χ2v) is 9.25. The average Bonchev–Trinajstić information content (AvgIpc) is 3.54. The molecule has 0 bridgehead atoms. The Morgan fingerprint density at radius 3 is 2.43 bits per heavy atom. The number of anilines is 2. The highest BCUT2D eigenvalue weighted by Gasteiger charge is 2.30. The van der Waals surface area contributed by atoms with Crippen LogP contribution in [0.2, 0.25) is 5.02 Å². The van der Waals surface area contributed by atoms with E-state index in [4.69, 9.17) is 16.1 Å². The van der Waals surface area contributed by atoms with E-state index in [1.165, 1.54) is 0 Å². The number of nitro benzene ring substituents is 1. The number of halogens is 1. The Bertz CT molecular complexity index is 1260. The zero-order chi connectivity index (χ0) is 24.5. The van der Waals surface area contributed by atoms with Crippen molar-refractivity contribution in [1.29, 1.82) is 0 Å². The van der Waals surface area contributed by atoms with Gasteiger partial charge in [0.15, 0.2) is 0 Å². The van der Waals surface area contributed by atoms with Gasteiger partial charge in [-0.25, -0.2) is 0 Å². The largest absolute Gasteiger partial charge is 0.368 e. The molecule has 2 saturated heterocycles. The van der Waals surface area contributed by atoms with Gasteiger partial charge in [-0.2, -0.15) is 0 Å². The molecule has 0 atom stereocenters. The Kier molecular flexibility index (Phi) is 6.34. The minimum absolute atomic E-state index is 0.138. The molecule has 0 radical (unpaired) electrons. The van der Waals surface area contributed by atoms with Crippen molar-refractivity contribution >= 4 is 34.6 Å². The molecular formula is C25H26ClN5O4. The van der Waals surface area contributed by atoms with Gasteiger partial charge >= 0.3 is 0 Å². The summed E-state index contributed by atoms with van der Waals surface area (Å²) < 4.78 is 5.37. The predicted octanol–water partition coefficient (Wildman–Crippen LogP) is 4.77. The zero-order valence-corrected chi connectivity index (χ0v) is 20.2. The summed E-state index contributed by atoms with van der Waals surface area (Å²) in [5.74, 6) is 0.317. The summed E-state index contributed by atoms with van der Waals surface area (Å²) in [6.45, 7) is 5.66. The van der Waals surface area contributed by atoms with Gasteiger partial charge in [-0.1, -0.05) is 35.0 Å². The number of nitrogens with zero attached hydrogens (tertiary/aromatic N) is 5. The maximum absolute atomic E-state index is 13.5. The van der Waals surface area contributed by atoms with Crippen molar-refractivity contribution in [2.24, 2.45) is 0 Å². The van der Waals surface area contributed by atoms with Crippen molar-refractivity contribution in [2.45, 2.75) is 19.8 Å². The van der Waals surface area contributed by atoms with E-state index in [9.17, 15) is 14.9 Å². The van der Waals surface area contributed by atoms with Crippen LogP contribution < -0.4 is 9.80 Å². The molecule has 0 aliphatic carbocycles. The molecule has 1 aromatic heterocycles. The molecule has 0 saturated carbocycles. The number of carbonyl (C=O) groups is 1. The Labute approximate surface area is 208 Å². The maximum Gasteiger partial charge on any atom is 0.292 e. The number of benzene rings is 2. The van der Waals surface area contributed by atoms with Crippen LogP contribution >= 0.6 is 11.6 Å². The van der Waals surface area contributed by atoms with Crippen molar-refractivity contribution in [3.05, 3.63) is 68.9 Å². The fourth-order valence-corrected chi connectivity index (χ4v) is 5.09. The molecule has 9 nitrogen and oxygen atoms in total. The molecule has 3 heterocycles. The first-order valence-corrected chi connectivity index (χ1v) is 12.1. The molecule has 2 aliphatic rings. The Hall–Kier alpha value is -3.59. The van der Waals surface area contributed by atoms with E-state index in [-0.39, 0.29) is 16.5 Å². The average molecular weight is 496 g/mol. The third kappa shape index (κ3) is 4.43. The summed E-state index contributed by atoms with van der Waals surface area (Å²) in [4.78, 5) is 30.8. The van der Waals surface area contributed by atoms with Crippen molar-refractivity contribution in [2.75, 3.05) is 49.1 Å². The molecule has 182 valence electrons. The van der Waals surface area contributed by atoms with Gasteiger partial charge in [0.1, 0.15) is 22.7 Å². The quantitative estimate of drug-likeness (QED) is 0.371. The fraction of sp³-hybridized carbons (Fsp3) is 0.360. The standard InChI is InChI=1S/C25H26ClN5O4/c1-17-23(24(27-35-17)19-6-2-3-7-20(19)26)25(32)30-14-12-28(13-15-30)18-8-9-21(31(33)34)22(16-18)29-10-4-5-11-29/h2-3,6-9,16H,4-5,10-15H2,1H3. The summed E-state index contributed by atoms with van der Waals surface area (Å²) in [5.41, 5.74) is 3.28. The number of carbonyl (C=O) groups excluding carboxylic acids is 1. The SMILES string of the molecule is Cc1onc(-c2ccccc2Cl)c1C(=O)N1CCN(c2ccc([N+](=O)[O-])c(N3CCCC3)c2)CC1. The van der Waals surface area contributed by atoms with Crippen molar-refractivity contribution in [3.8, 4) is 11.3 Å². The summed E-state index contributed by atoms with van der Waals surface area (Å²) in [5, 5.41) is 16.2. The third-order valence-electron chi connectivity index (χ3n) is 6.74. The Morgan fingerprint density at radius 1 is 1.03 bits per heavy atom. The van der Waals surface area contributed by atoms with E-state index >= 15 is 0 Å². The number of aromatic nitrogens is 1. The minimum atomic E-state index is -0.314. The van der Waals surface area contributed by atoms with Crippen LogP contribution in [-0.2, 0) is 0 Å². The summed E-state index contributed by atoms with van der Waals surface area (Å²) in [6, 6.07) is 12.6. The lowest BCUT2D eigenvalue weighted by molar-refractivity contribution is -0.384. The molecule has 0 N–H and O–H groups in total. The van der Waals surface area contributed by atoms with E-state index in [2.05, 4.69) is 15.0 Å². The molecule has 35 heavy (non-hydrogen) atoms. The molecule has 2 aliphatic heterocycles. The lowest BCUT2D eigenvalue weighted by Gasteiger charge is -2.36. The Morgan fingerprint density at radius 2 is 1.74 bits per heavy atom. The van der Waals surface area contributed by atoms with Gasteiger partial charge in [0, 0.05) is 56.6 Å². The van der Waals surface area contributed by atoms with Crippen LogP contribution in [0.1, 0.15) is 29.0 Å². The van der Waals surface area contributed by atoms with Crippen molar-refractivity contribution in [1.82, 2.24) is 10.1 Å². The van der Waals surface area contributed by atoms with Crippen LogP contribution in [0.15, 0.2) is 47.0 Å². The zero-order valence-electron chi connectivity index (χ0n) is 19.4. The van der Waals surface area contributed by atoms with Crippen LogP contribution in [-0.4, -0.2) is 60.2 Å². The summed E-state index contributed by atoms with van der Waals surface area (Å²) in [6.07, 6.45) is 2.08. The number of piperazine rings is 1. The smallest absolute Gasteiger partial charge is 0.292 e. The van der Waals surface area contributed by atoms with Crippen molar-refractivity contribution in [3.63, 3.8) is 0 Å². The minimum Gasteiger partial charge on any atom is -0.368 e. The molecule has 2 aromatic carbocycles. The van der Waals surface area contributed by atoms with Gasteiger partial charge < -0.3 is 19.2 Å². The third-order valence-corrected chi connectivity index (χ3v) is 7.07. The predicted molar refractivity (Wildman–Crippen MR) is 134 cm³/mol. The number of nitro groups is 1. The lowest BCUT2D eigenvalue weighted by Crippen LogP contribution is -2.49. The molecule has 0 spiro atoms. The molecule has 5 rings (SSSR count). The first-order valence-electron chi connectivity index (χ1n) is 11.7. The van der Waals surface area contributed by atoms with Crippen LogP contribution in [0.3, 0.4) is 0 Å². The molecule has 0 unspecified atom stereocenters. The van der Waals surface area contributed by atoms with Crippen LogP contribution in [0.25, 0.3) is 11.3 Å². The number of hydrogen-bond acceptors (Lipinski definition) is 7. The first-order chi connectivity index (χ1) is 16.9. The highest BCUT2D eigenvalue weighted by atomic mass is 35.5. The fourth-order valence-electron chi connectivity index (χ4n) is 4.86. The number of hydrogen-bond donors (Lipinski definition) is 0. The molecule has 2 fully saturated rings. The number of aryl methyl sites for hydroxylation is 1. The maximum atomic E-state index is 13.5. The molecule has 10 heteroatoms. The second-order valence-electron chi connectivity index (χ2n) is 8.85. The summed E-state index contributed by atoms with van der Waals surface area (Å²) in [7, 11) is 0. The Balaban J connectivity index is 1.33. The van der Waals surface area contributed by atoms with Crippen LogP contribution in [0.5, 0.6) is 0 Å². The van der Waals surface area contributed by atoms with E-state index in [1.807, 2.05) is 24.3 Å². The second kappa shape index (κ2) is 9.58. The van der Waals surface area contributed by atoms with Gasteiger partial charge in [-0.05, 0) is 38.0 Å². The normalized spacial score (nSPS) is 16.1. The van der Waals surface area contributed by atoms with Gasteiger partial charge in [0.25, 0.3) is 11.6 Å². The first kappa shape index (κ1) is 23.2. The highest BCUT2D eigenvalue weighted by Crippen LogP contribution is 2.35.